The molecule has 1 N–H and O–H groups in total. The van der Waals surface area contributed by atoms with Crippen molar-refractivity contribution in [3.05, 3.63) is 59.8 Å². The number of nitrogens with zero attached hydrogens (tertiary/aromatic N) is 5. The van der Waals surface area contributed by atoms with Crippen molar-refractivity contribution in [3.63, 3.8) is 0 Å². The number of likely N-dealkylation sites (tertiary alicyclic amines) is 2. The van der Waals surface area contributed by atoms with Crippen molar-refractivity contribution < 1.29 is 12.4 Å². The van der Waals surface area contributed by atoms with Crippen LogP contribution in [0, 0.1) is 23.7 Å². The molecule has 3 fully saturated rings. The van der Waals surface area contributed by atoms with Crippen LogP contribution in [0.2, 0.25) is 0 Å². The zero-order valence-corrected chi connectivity index (χ0v) is 18.3. The second kappa shape index (κ2) is 6.66. The number of H-pyrrole nitrogens is 1. The van der Waals surface area contributed by atoms with E-state index in [0.29, 0.717) is 34.8 Å². The van der Waals surface area contributed by atoms with E-state index in [4.69, 9.17) is 0 Å². The fourth-order valence-corrected chi connectivity index (χ4v) is 6.52. The van der Waals surface area contributed by atoms with Gasteiger partial charge in [0.1, 0.15) is 16.7 Å². The first kappa shape index (κ1) is 18.8. The second-order valence-corrected chi connectivity index (χ2v) is 9.75. The molecule has 33 heavy (non-hydrogen) atoms. The van der Waals surface area contributed by atoms with Crippen molar-refractivity contribution >= 4 is 33.8 Å². The predicted molar refractivity (Wildman–Crippen MR) is 127 cm³/mol. The van der Waals surface area contributed by atoms with Gasteiger partial charge in [-0.1, -0.05) is 18.2 Å². The molecule has 2 aromatic heterocycles. The lowest BCUT2D eigenvalue weighted by Gasteiger charge is -2.42. The fourth-order valence-electron chi connectivity index (χ4n) is 6.52. The van der Waals surface area contributed by atoms with Gasteiger partial charge >= 0.3 is 0 Å². The SMILES string of the molecule is Cn1c(C(=O)N2CC3C(C2)[C@@H]2CN(C(=O)c4ccc5n[nH]nc5c4)C[C@H]32)cc2ccccc21.[HH].[HH]. The van der Waals surface area contributed by atoms with Crippen molar-refractivity contribution in [1.82, 2.24) is 29.8 Å². The van der Waals surface area contributed by atoms with Gasteiger partial charge in [-0.3, -0.25) is 9.59 Å². The number of aromatic nitrogens is 4. The summed E-state index contributed by atoms with van der Waals surface area (Å²) in [6, 6.07) is 15.6. The van der Waals surface area contributed by atoms with Gasteiger partial charge in [0.2, 0.25) is 0 Å². The maximum atomic E-state index is 13.3. The molecule has 3 aliphatic rings. The Morgan fingerprint density at radius 3 is 2.18 bits per heavy atom. The Bertz CT molecular complexity index is 1430. The number of carbonyl (C=O) groups excluding carboxylic acids is 2. The van der Waals surface area contributed by atoms with Gasteiger partial charge in [-0.2, -0.15) is 15.4 Å². The van der Waals surface area contributed by atoms with E-state index in [2.05, 4.69) is 27.5 Å². The molecule has 2 unspecified atom stereocenters. The lowest BCUT2D eigenvalue weighted by atomic mass is 9.60. The average molecular weight is 445 g/mol. The number of aromatic amines is 1. The van der Waals surface area contributed by atoms with Crippen LogP contribution >= 0.6 is 0 Å². The van der Waals surface area contributed by atoms with Gasteiger partial charge in [0.25, 0.3) is 11.8 Å². The first-order valence-corrected chi connectivity index (χ1v) is 11.5. The number of carbonyl (C=O) groups is 2. The molecule has 4 aromatic rings. The summed E-state index contributed by atoms with van der Waals surface area (Å²) in [6.45, 7) is 3.13. The Morgan fingerprint density at radius 1 is 0.848 bits per heavy atom. The molecule has 4 heterocycles. The van der Waals surface area contributed by atoms with Crippen LogP contribution in [0.1, 0.15) is 23.7 Å². The average Bonchev–Trinajstić information content (AvgIpc) is 3.60. The van der Waals surface area contributed by atoms with Crippen molar-refractivity contribution in [3.8, 4) is 0 Å². The number of nitrogens with one attached hydrogen (secondary N) is 1. The summed E-state index contributed by atoms with van der Waals surface area (Å²) in [5.41, 5.74) is 3.97. The summed E-state index contributed by atoms with van der Waals surface area (Å²) in [5, 5.41) is 11.9. The van der Waals surface area contributed by atoms with Crippen LogP contribution in [0.25, 0.3) is 21.9 Å². The predicted octanol–water partition coefficient (Wildman–Crippen LogP) is 3.03. The standard InChI is InChI=1S/C25H24N6O2.2H2/c1-29-22-5-3-2-4-14(22)9-23(29)25(33)31-12-18-16-10-30(11-17(16)19(18)13-31)24(32)15-6-7-20-21(8-15)27-28-26-20;;/h2-9,16-19H,10-13H2,1H3,(H,26,27,28);2*1H/t16-,17+,18?,19?;;. The summed E-state index contributed by atoms with van der Waals surface area (Å²) in [4.78, 5) is 30.5. The van der Waals surface area contributed by atoms with Gasteiger partial charge in [0, 0.05) is 52.5 Å². The molecule has 1 saturated carbocycles. The third-order valence-electron chi connectivity index (χ3n) is 8.23. The normalized spacial score (nSPS) is 26.0. The Labute approximate surface area is 193 Å². The minimum atomic E-state index is 0. The van der Waals surface area contributed by atoms with E-state index in [9.17, 15) is 9.59 Å². The molecule has 7 rings (SSSR count). The fraction of sp³-hybridized carbons (Fsp3) is 0.360. The molecule has 4 atom stereocenters. The molecule has 8 heteroatoms. The number of aryl methyl sites for hydroxylation is 1. The Kier molecular flexibility index (Phi) is 3.81. The summed E-state index contributed by atoms with van der Waals surface area (Å²) in [7, 11) is 1.97. The second-order valence-electron chi connectivity index (χ2n) is 9.75. The Balaban J connectivity index is 0.00000127. The van der Waals surface area contributed by atoms with E-state index < -0.39 is 0 Å². The van der Waals surface area contributed by atoms with Gasteiger partial charge in [-0.25, -0.2) is 0 Å². The summed E-state index contributed by atoms with van der Waals surface area (Å²) in [6.07, 6.45) is 0. The first-order chi connectivity index (χ1) is 16.1. The van der Waals surface area contributed by atoms with Crippen molar-refractivity contribution in [2.75, 3.05) is 26.2 Å². The zero-order chi connectivity index (χ0) is 22.3. The van der Waals surface area contributed by atoms with Crippen LogP contribution in [0.5, 0.6) is 0 Å². The van der Waals surface area contributed by atoms with Gasteiger partial charge in [-0.15, -0.1) is 0 Å². The quantitative estimate of drug-likeness (QED) is 0.515. The van der Waals surface area contributed by atoms with Gasteiger partial charge in [0.15, 0.2) is 0 Å². The number of benzene rings is 2. The molecule has 1 aliphatic carbocycles. The molecule has 0 spiro atoms. The molecular formula is C25H28N6O2. The third kappa shape index (κ3) is 2.63. The summed E-state index contributed by atoms with van der Waals surface area (Å²) in [5.74, 6) is 2.14. The van der Waals surface area contributed by atoms with E-state index in [0.717, 1.165) is 48.3 Å². The van der Waals surface area contributed by atoms with Crippen LogP contribution in [0.15, 0.2) is 48.5 Å². The zero-order valence-electron chi connectivity index (χ0n) is 18.3. The number of hydrogen-bond acceptors (Lipinski definition) is 4. The van der Waals surface area contributed by atoms with Crippen LogP contribution in [-0.2, 0) is 7.05 Å². The summed E-state index contributed by atoms with van der Waals surface area (Å²) < 4.78 is 2.00. The molecule has 8 nitrogen and oxygen atoms in total. The molecular weight excluding hydrogens is 416 g/mol. The number of rotatable bonds is 2. The smallest absolute Gasteiger partial charge is 0.270 e. The van der Waals surface area contributed by atoms with Gasteiger partial charge < -0.3 is 14.4 Å². The van der Waals surface area contributed by atoms with Gasteiger partial charge in [0.05, 0.1) is 0 Å². The van der Waals surface area contributed by atoms with Crippen LogP contribution in [0.3, 0.4) is 0 Å². The third-order valence-corrected chi connectivity index (χ3v) is 8.23. The highest BCUT2D eigenvalue weighted by Crippen LogP contribution is 2.54. The van der Waals surface area contributed by atoms with Gasteiger partial charge in [-0.05, 0) is 54.0 Å². The number of para-hydroxylation sites is 1. The number of amides is 2. The van der Waals surface area contributed by atoms with E-state index in [1.54, 1.807) is 0 Å². The Morgan fingerprint density at radius 2 is 1.48 bits per heavy atom. The van der Waals surface area contributed by atoms with Crippen LogP contribution < -0.4 is 0 Å². The number of hydrogen-bond donors (Lipinski definition) is 1. The molecule has 170 valence electrons. The lowest BCUT2D eigenvalue weighted by Crippen LogP contribution is -2.44. The van der Waals surface area contributed by atoms with Crippen molar-refractivity contribution in [1.29, 1.82) is 0 Å². The van der Waals surface area contributed by atoms with E-state index in [1.807, 2.05) is 57.8 Å². The highest BCUT2D eigenvalue weighted by Gasteiger charge is 2.59. The van der Waals surface area contributed by atoms with Crippen molar-refractivity contribution in [2.45, 2.75) is 0 Å². The monoisotopic (exact) mass is 444 g/mol. The maximum absolute atomic E-state index is 13.3. The van der Waals surface area contributed by atoms with E-state index >= 15 is 0 Å². The molecule has 0 radical (unpaired) electrons. The number of fused-ring (bicyclic) bond motifs is 6. The molecule has 2 amide bonds. The maximum Gasteiger partial charge on any atom is 0.270 e. The van der Waals surface area contributed by atoms with Crippen molar-refractivity contribution in [2.24, 2.45) is 30.7 Å². The largest absolute Gasteiger partial charge is 0.340 e. The minimum Gasteiger partial charge on any atom is -0.340 e. The molecule has 2 aromatic carbocycles. The highest BCUT2D eigenvalue weighted by molar-refractivity contribution is 5.99. The Hall–Kier alpha value is -3.68. The van der Waals surface area contributed by atoms with E-state index in [-0.39, 0.29) is 14.7 Å². The topological polar surface area (TPSA) is 87.1 Å². The molecule has 2 aliphatic heterocycles. The molecule has 2 saturated heterocycles. The minimum absolute atomic E-state index is 0. The lowest BCUT2D eigenvalue weighted by molar-refractivity contribution is 0.0629. The first-order valence-electron chi connectivity index (χ1n) is 11.5. The molecule has 0 bridgehead atoms. The van der Waals surface area contributed by atoms with Crippen LogP contribution in [-0.4, -0.2) is 67.8 Å². The van der Waals surface area contributed by atoms with E-state index in [1.165, 1.54) is 0 Å². The van der Waals surface area contributed by atoms with Crippen LogP contribution in [0.4, 0.5) is 0 Å². The summed E-state index contributed by atoms with van der Waals surface area (Å²) >= 11 is 0. The highest BCUT2D eigenvalue weighted by atomic mass is 16.2.